The van der Waals surface area contributed by atoms with Gasteiger partial charge in [-0.2, -0.15) is 4.31 Å². The molecule has 9 heteroatoms. The van der Waals surface area contributed by atoms with Crippen LogP contribution in [0.5, 0.6) is 0 Å². The van der Waals surface area contributed by atoms with Crippen molar-refractivity contribution < 1.29 is 22.8 Å². The van der Waals surface area contributed by atoms with Gasteiger partial charge in [0, 0.05) is 12.5 Å². The third-order valence-corrected chi connectivity index (χ3v) is 6.32. The van der Waals surface area contributed by atoms with Crippen LogP contribution < -0.4 is 11.1 Å². The maximum Gasteiger partial charge on any atom is 0.243 e. The van der Waals surface area contributed by atoms with Gasteiger partial charge in [-0.3, -0.25) is 14.4 Å². The average Bonchev–Trinajstić information content (AvgIpc) is 2.82. The highest BCUT2D eigenvalue weighted by atomic mass is 32.2. The first-order chi connectivity index (χ1) is 12.7. The van der Waals surface area contributed by atoms with Crippen LogP contribution >= 0.6 is 0 Å². The van der Waals surface area contributed by atoms with E-state index in [2.05, 4.69) is 5.32 Å². The highest BCUT2D eigenvalue weighted by Gasteiger charge is 2.32. The zero-order valence-electron chi connectivity index (χ0n) is 15.1. The summed E-state index contributed by atoms with van der Waals surface area (Å²) in [5.41, 5.74) is 5.15. The number of nitrogens with two attached hydrogens (primary N) is 1. The molecule has 1 aliphatic rings. The maximum absolute atomic E-state index is 12.7. The summed E-state index contributed by atoms with van der Waals surface area (Å²) in [5.74, 6) is -1.82. The van der Waals surface area contributed by atoms with Gasteiger partial charge in [-0.05, 0) is 31.4 Å². The second-order valence-electron chi connectivity index (χ2n) is 6.56. The van der Waals surface area contributed by atoms with E-state index in [1.165, 1.54) is 18.6 Å². The summed E-state index contributed by atoms with van der Waals surface area (Å²) in [6.07, 6.45) is 2.26. The largest absolute Gasteiger partial charge is 0.369 e. The monoisotopic (exact) mass is 394 g/mol. The summed E-state index contributed by atoms with van der Waals surface area (Å²) in [7, 11) is -3.76. The molecule has 1 saturated heterocycles. The van der Waals surface area contributed by atoms with E-state index >= 15 is 0 Å². The Bertz CT molecular complexity index is 794. The first-order valence-electron chi connectivity index (χ1n) is 8.72. The van der Waals surface area contributed by atoms with Gasteiger partial charge >= 0.3 is 0 Å². The van der Waals surface area contributed by atoms with E-state index in [-0.39, 0.29) is 30.2 Å². The normalized spacial score (nSPS) is 19.9. The van der Waals surface area contributed by atoms with Gasteiger partial charge in [0.25, 0.3) is 0 Å². The van der Waals surface area contributed by atoms with Crippen LogP contribution in [0.4, 0.5) is 0 Å². The molecule has 0 bridgehead atoms. The van der Waals surface area contributed by atoms with Crippen LogP contribution in [-0.4, -0.2) is 49.5 Å². The van der Waals surface area contributed by atoms with E-state index in [0.29, 0.717) is 12.8 Å². The number of Topliss-reactive ketones (excluding diaryl/α,β-unsaturated/α-hetero) is 1. The van der Waals surface area contributed by atoms with Crippen molar-refractivity contribution in [1.29, 1.82) is 0 Å². The summed E-state index contributed by atoms with van der Waals surface area (Å²) < 4.78 is 26.5. The van der Waals surface area contributed by atoms with Crippen molar-refractivity contribution in [3.05, 3.63) is 36.8 Å². The molecule has 1 radical (unpaired) electrons. The van der Waals surface area contributed by atoms with E-state index < -0.39 is 33.8 Å². The number of rotatable bonds is 7. The van der Waals surface area contributed by atoms with Crippen molar-refractivity contribution in [1.82, 2.24) is 9.62 Å². The van der Waals surface area contributed by atoms with Gasteiger partial charge in [0.2, 0.25) is 21.8 Å². The number of nitrogens with zero attached hydrogens (tertiary/aromatic N) is 1. The Morgan fingerprint density at radius 1 is 1.33 bits per heavy atom. The highest BCUT2D eigenvalue weighted by molar-refractivity contribution is 7.89. The van der Waals surface area contributed by atoms with E-state index in [1.54, 1.807) is 25.1 Å². The minimum atomic E-state index is -3.76. The zero-order chi connectivity index (χ0) is 20.0. The molecule has 1 aromatic rings. The quantitative estimate of drug-likeness (QED) is 0.685. The van der Waals surface area contributed by atoms with Gasteiger partial charge in [-0.25, -0.2) is 8.42 Å². The molecule has 2 rings (SSSR count). The van der Waals surface area contributed by atoms with E-state index in [4.69, 9.17) is 5.73 Å². The molecule has 2 atom stereocenters. The molecule has 147 valence electrons. The molecule has 1 aliphatic heterocycles. The molecular formula is C18H24N3O5S. The number of carbonyl (C=O) groups excluding carboxylic acids is 3. The number of ketones is 1. The molecule has 0 aromatic heterocycles. The summed E-state index contributed by atoms with van der Waals surface area (Å²) in [6.45, 7) is 1.52. The predicted molar refractivity (Wildman–Crippen MR) is 98.6 cm³/mol. The molecule has 1 heterocycles. The number of benzene rings is 1. The second-order valence-corrected chi connectivity index (χ2v) is 8.50. The summed E-state index contributed by atoms with van der Waals surface area (Å²) in [6, 6.07) is 7.18. The molecule has 3 N–H and O–H groups in total. The number of sulfonamides is 1. The minimum absolute atomic E-state index is 0.133. The number of carbonyl (C=O) groups is 3. The lowest BCUT2D eigenvalue weighted by molar-refractivity contribution is -0.126. The lowest BCUT2D eigenvalue weighted by atomic mass is 10.0. The summed E-state index contributed by atoms with van der Waals surface area (Å²) in [4.78, 5) is 35.6. The average molecular weight is 394 g/mol. The lowest BCUT2D eigenvalue weighted by Crippen LogP contribution is -2.44. The molecule has 27 heavy (non-hydrogen) atoms. The van der Waals surface area contributed by atoms with Crippen molar-refractivity contribution in [3.63, 3.8) is 0 Å². The zero-order valence-corrected chi connectivity index (χ0v) is 15.9. The van der Waals surface area contributed by atoms with Crippen LogP contribution in [0.25, 0.3) is 0 Å². The van der Waals surface area contributed by atoms with Gasteiger partial charge in [-0.15, -0.1) is 0 Å². The molecule has 0 saturated carbocycles. The Balaban J connectivity index is 1.98. The first kappa shape index (κ1) is 21.0. The fraction of sp³-hybridized carbons (Fsp3) is 0.444. The van der Waals surface area contributed by atoms with Gasteiger partial charge in [0.15, 0.2) is 5.78 Å². The number of hydrogen-bond donors (Lipinski definition) is 2. The Kier molecular flexibility index (Phi) is 7.09. The van der Waals surface area contributed by atoms with Crippen LogP contribution in [0, 0.1) is 12.3 Å². The lowest BCUT2D eigenvalue weighted by Gasteiger charge is -2.20. The van der Waals surface area contributed by atoms with Crippen LogP contribution in [0.1, 0.15) is 26.2 Å². The number of primary amides is 1. The highest BCUT2D eigenvalue weighted by Crippen LogP contribution is 2.19. The van der Waals surface area contributed by atoms with Gasteiger partial charge < -0.3 is 11.1 Å². The number of hydrogen-bond acceptors (Lipinski definition) is 5. The molecule has 0 aliphatic carbocycles. The van der Waals surface area contributed by atoms with Gasteiger partial charge in [0.1, 0.15) is 0 Å². The topological polar surface area (TPSA) is 127 Å². The Morgan fingerprint density at radius 2 is 2.00 bits per heavy atom. The molecule has 2 amide bonds. The molecule has 8 nitrogen and oxygen atoms in total. The van der Waals surface area contributed by atoms with Gasteiger partial charge in [0.05, 0.1) is 23.9 Å². The summed E-state index contributed by atoms with van der Waals surface area (Å²) >= 11 is 0. The first-order valence-corrected chi connectivity index (χ1v) is 10.2. The van der Waals surface area contributed by atoms with E-state index in [0.717, 1.165) is 4.31 Å². The smallest absolute Gasteiger partial charge is 0.243 e. The predicted octanol–water partition coefficient (Wildman–Crippen LogP) is 0.241. The molecule has 0 spiro atoms. The van der Waals surface area contributed by atoms with Crippen molar-refractivity contribution in [2.24, 2.45) is 11.7 Å². The maximum atomic E-state index is 12.7. The Morgan fingerprint density at radius 3 is 2.63 bits per heavy atom. The van der Waals surface area contributed by atoms with E-state index in [9.17, 15) is 22.8 Å². The summed E-state index contributed by atoms with van der Waals surface area (Å²) in [5, 5.41) is 2.60. The Labute approximate surface area is 159 Å². The third-order valence-electron chi connectivity index (χ3n) is 4.46. The molecule has 1 unspecified atom stereocenters. The van der Waals surface area contributed by atoms with Crippen molar-refractivity contribution in [3.8, 4) is 0 Å². The van der Waals surface area contributed by atoms with Crippen LogP contribution in [0.3, 0.4) is 0 Å². The Hall–Kier alpha value is -2.26. The van der Waals surface area contributed by atoms with Crippen LogP contribution in [-0.2, 0) is 24.4 Å². The fourth-order valence-electron chi connectivity index (χ4n) is 2.73. The minimum Gasteiger partial charge on any atom is -0.369 e. The SMILES string of the molecule is CC(C[CH]C(=O)N[C@H]1CCCN(S(=O)(=O)c2ccccc2)CC1=O)C(N)=O. The standard InChI is InChI=1S/C18H24N3O5S/c1-13(18(19)24)9-10-17(23)20-15-8-5-11-21(12-16(15)22)27(25,26)14-6-3-2-4-7-14/h2-4,6-7,10,13,15H,5,8-9,11-12H2,1H3,(H2,19,24)(H,20,23)/t13?,15-/m0/s1. The second kappa shape index (κ2) is 9.09. The third kappa shape index (κ3) is 5.61. The van der Waals surface area contributed by atoms with E-state index in [1.807, 2.05) is 0 Å². The van der Waals surface area contributed by atoms with Crippen molar-refractivity contribution >= 4 is 27.6 Å². The molecule has 1 aromatic carbocycles. The van der Waals surface area contributed by atoms with Crippen LogP contribution in [0.15, 0.2) is 35.2 Å². The van der Waals surface area contributed by atoms with Crippen molar-refractivity contribution in [2.75, 3.05) is 13.1 Å². The number of amides is 2. The fourth-order valence-corrected chi connectivity index (χ4v) is 4.19. The molecular weight excluding hydrogens is 370 g/mol. The van der Waals surface area contributed by atoms with Crippen molar-refractivity contribution in [2.45, 2.75) is 37.1 Å². The van der Waals surface area contributed by atoms with Gasteiger partial charge in [-0.1, -0.05) is 25.1 Å². The number of nitrogens with one attached hydrogen (secondary N) is 1. The van der Waals surface area contributed by atoms with Crippen LogP contribution in [0.2, 0.25) is 0 Å². The molecule has 1 fully saturated rings.